The molecule has 3 nitrogen and oxygen atoms in total. The zero-order valence-corrected chi connectivity index (χ0v) is 11.7. The average molecular weight is 257 g/mol. The Morgan fingerprint density at radius 1 is 1.37 bits per heavy atom. The molecule has 1 aliphatic carbocycles. The summed E-state index contributed by atoms with van der Waals surface area (Å²) in [5.41, 5.74) is 8.10. The fourth-order valence-corrected chi connectivity index (χ4v) is 3.08. The minimum atomic E-state index is 0.469. The number of nitrogen functional groups attached to an aromatic ring is 1. The molecule has 2 rings (SSSR count). The van der Waals surface area contributed by atoms with Gasteiger partial charge in [-0.2, -0.15) is 5.26 Å². The van der Waals surface area contributed by atoms with E-state index in [4.69, 9.17) is 11.0 Å². The number of rotatable bonds is 4. The molecular weight excluding hydrogens is 234 g/mol. The van der Waals surface area contributed by atoms with E-state index in [1.165, 1.54) is 32.1 Å². The second-order valence-corrected chi connectivity index (χ2v) is 5.44. The van der Waals surface area contributed by atoms with Gasteiger partial charge in [-0.05, 0) is 37.3 Å². The van der Waals surface area contributed by atoms with Crippen LogP contribution in [0.25, 0.3) is 0 Å². The molecule has 3 N–H and O–H groups in total. The first-order chi connectivity index (χ1) is 9.26. The Kier molecular flexibility index (Phi) is 4.68. The number of nitrogens with zero attached hydrogens (tertiary/aromatic N) is 1. The number of hydrogen-bond donors (Lipinski definition) is 2. The standard InChI is InChI=1S/C16H23N3/c1-2-14(12-7-4-3-5-8-12)19-15-10-6-9-13(11-17)16(15)18/h6,9-10,12,14,19H,2-5,7-8,18H2,1H3. The van der Waals surface area contributed by atoms with E-state index in [0.29, 0.717) is 17.3 Å². The lowest BCUT2D eigenvalue weighted by Gasteiger charge is -2.31. The topological polar surface area (TPSA) is 61.8 Å². The Labute approximate surface area is 115 Å². The minimum Gasteiger partial charge on any atom is -0.396 e. The third kappa shape index (κ3) is 3.20. The van der Waals surface area contributed by atoms with E-state index < -0.39 is 0 Å². The summed E-state index contributed by atoms with van der Waals surface area (Å²) in [6.07, 6.45) is 7.78. The van der Waals surface area contributed by atoms with Crippen molar-refractivity contribution >= 4 is 11.4 Å². The predicted octanol–water partition coefficient (Wildman–Crippen LogP) is 3.91. The maximum absolute atomic E-state index is 9.03. The number of nitrogens with one attached hydrogen (secondary N) is 1. The van der Waals surface area contributed by atoms with Crippen LogP contribution in [-0.4, -0.2) is 6.04 Å². The van der Waals surface area contributed by atoms with E-state index in [1.54, 1.807) is 6.07 Å². The van der Waals surface area contributed by atoms with E-state index in [2.05, 4.69) is 18.3 Å². The molecule has 0 spiro atoms. The Morgan fingerprint density at radius 3 is 2.74 bits per heavy atom. The van der Waals surface area contributed by atoms with Crippen molar-refractivity contribution in [3.05, 3.63) is 23.8 Å². The summed E-state index contributed by atoms with van der Waals surface area (Å²) in [5.74, 6) is 0.740. The molecule has 0 radical (unpaired) electrons. The lowest BCUT2D eigenvalue weighted by atomic mass is 9.83. The fraction of sp³-hybridized carbons (Fsp3) is 0.562. The highest BCUT2D eigenvalue weighted by atomic mass is 14.9. The van der Waals surface area contributed by atoms with Gasteiger partial charge in [0, 0.05) is 6.04 Å². The first-order valence-electron chi connectivity index (χ1n) is 7.31. The number of para-hydroxylation sites is 1. The lowest BCUT2D eigenvalue weighted by Crippen LogP contribution is -2.30. The van der Waals surface area contributed by atoms with Crippen LogP contribution in [0.5, 0.6) is 0 Å². The molecule has 0 aromatic heterocycles. The van der Waals surface area contributed by atoms with Crippen molar-refractivity contribution in [2.24, 2.45) is 5.92 Å². The van der Waals surface area contributed by atoms with Crippen molar-refractivity contribution in [3.63, 3.8) is 0 Å². The minimum absolute atomic E-state index is 0.469. The lowest BCUT2D eigenvalue weighted by molar-refractivity contribution is 0.313. The number of anilines is 2. The van der Waals surface area contributed by atoms with E-state index >= 15 is 0 Å². The third-order valence-electron chi connectivity index (χ3n) is 4.23. The smallest absolute Gasteiger partial charge is 0.101 e. The van der Waals surface area contributed by atoms with Crippen molar-refractivity contribution in [2.45, 2.75) is 51.5 Å². The van der Waals surface area contributed by atoms with Crippen LogP contribution in [0.3, 0.4) is 0 Å². The van der Waals surface area contributed by atoms with Crippen molar-refractivity contribution in [2.75, 3.05) is 11.1 Å². The van der Waals surface area contributed by atoms with Gasteiger partial charge in [0.15, 0.2) is 0 Å². The molecule has 102 valence electrons. The van der Waals surface area contributed by atoms with Gasteiger partial charge in [0.1, 0.15) is 6.07 Å². The zero-order valence-electron chi connectivity index (χ0n) is 11.7. The summed E-state index contributed by atoms with van der Waals surface area (Å²) in [6, 6.07) is 8.24. The van der Waals surface area contributed by atoms with Gasteiger partial charge in [0.25, 0.3) is 0 Å². The molecule has 1 aliphatic rings. The summed E-state index contributed by atoms with van der Waals surface area (Å²) in [4.78, 5) is 0. The second-order valence-electron chi connectivity index (χ2n) is 5.44. The Bertz CT molecular complexity index is 456. The molecule has 1 atom stereocenters. The average Bonchev–Trinajstić information content (AvgIpc) is 2.47. The van der Waals surface area contributed by atoms with E-state index in [0.717, 1.165) is 18.0 Å². The van der Waals surface area contributed by atoms with Gasteiger partial charge in [0.2, 0.25) is 0 Å². The molecule has 1 aromatic rings. The van der Waals surface area contributed by atoms with Crippen LogP contribution >= 0.6 is 0 Å². The molecular formula is C16H23N3. The van der Waals surface area contributed by atoms with Gasteiger partial charge >= 0.3 is 0 Å². The van der Waals surface area contributed by atoms with Crippen molar-refractivity contribution in [1.82, 2.24) is 0 Å². The first-order valence-corrected chi connectivity index (χ1v) is 7.31. The van der Waals surface area contributed by atoms with Crippen LogP contribution in [0.1, 0.15) is 51.0 Å². The van der Waals surface area contributed by atoms with E-state index in [1.807, 2.05) is 12.1 Å². The molecule has 0 saturated heterocycles. The molecule has 19 heavy (non-hydrogen) atoms. The van der Waals surface area contributed by atoms with Crippen LogP contribution in [0, 0.1) is 17.2 Å². The summed E-state index contributed by atoms with van der Waals surface area (Å²) in [5, 5.41) is 12.6. The molecule has 0 aliphatic heterocycles. The number of benzene rings is 1. The van der Waals surface area contributed by atoms with Crippen molar-refractivity contribution in [1.29, 1.82) is 5.26 Å². The van der Waals surface area contributed by atoms with Gasteiger partial charge in [-0.15, -0.1) is 0 Å². The largest absolute Gasteiger partial charge is 0.396 e. The van der Waals surface area contributed by atoms with Gasteiger partial charge < -0.3 is 11.1 Å². The van der Waals surface area contributed by atoms with Crippen molar-refractivity contribution < 1.29 is 0 Å². The van der Waals surface area contributed by atoms with Gasteiger partial charge in [-0.3, -0.25) is 0 Å². The number of hydrogen-bond acceptors (Lipinski definition) is 3. The molecule has 1 unspecified atom stereocenters. The van der Waals surface area contributed by atoms with E-state index in [-0.39, 0.29) is 0 Å². The quantitative estimate of drug-likeness (QED) is 0.804. The highest BCUT2D eigenvalue weighted by Gasteiger charge is 2.22. The number of nitrogens with two attached hydrogens (primary N) is 1. The maximum atomic E-state index is 9.03. The maximum Gasteiger partial charge on any atom is 0.101 e. The summed E-state index contributed by atoms with van der Waals surface area (Å²) < 4.78 is 0. The molecule has 1 saturated carbocycles. The summed E-state index contributed by atoms with van der Waals surface area (Å²) >= 11 is 0. The first kappa shape index (κ1) is 13.7. The Balaban J connectivity index is 2.12. The van der Waals surface area contributed by atoms with Gasteiger partial charge in [-0.1, -0.05) is 32.3 Å². The zero-order chi connectivity index (χ0) is 13.7. The SMILES string of the molecule is CCC(Nc1cccc(C#N)c1N)C1CCCCC1. The van der Waals surface area contributed by atoms with Crippen LogP contribution in [-0.2, 0) is 0 Å². The molecule has 1 fully saturated rings. The molecule has 0 heterocycles. The Hall–Kier alpha value is -1.69. The van der Waals surface area contributed by atoms with Crippen molar-refractivity contribution in [3.8, 4) is 6.07 Å². The molecule has 0 bridgehead atoms. The van der Waals surface area contributed by atoms with Gasteiger partial charge in [0.05, 0.1) is 16.9 Å². The monoisotopic (exact) mass is 257 g/mol. The fourth-order valence-electron chi connectivity index (χ4n) is 3.08. The highest BCUT2D eigenvalue weighted by molar-refractivity contribution is 5.73. The molecule has 3 heteroatoms. The van der Waals surface area contributed by atoms with Crippen LogP contribution in [0.2, 0.25) is 0 Å². The molecule has 1 aromatic carbocycles. The van der Waals surface area contributed by atoms with E-state index in [9.17, 15) is 0 Å². The normalized spacial score (nSPS) is 17.7. The van der Waals surface area contributed by atoms with Crippen LogP contribution in [0.15, 0.2) is 18.2 Å². The van der Waals surface area contributed by atoms with Crippen LogP contribution < -0.4 is 11.1 Å². The van der Waals surface area contributed by atoms with Crippen LogP contribution in [0.4, 0.5) is 11.4 Å². The second kappa shape index (κ2) is 6.47. The highest BCUT2D eigenvalue weighted by Crippen LogP contribution is 2.31. The number of nitriles is 1. The summed E-state index contributed by atoms with van der Waals surface area (Å²) in [7, 11) is 0. The summed E-state index contributed by atoms with van der Waals surface area (Å²) in [6.45, 7) is 2.22. The third-order valence-corrected chi connectivity index (χ3v) is 4.23. The Morgan fingerprint density at radius 2 is 2.11 bits per heavy atom. The molecule has 0 amide bonds. The van der Waals surface area contributed by atoms with Gasteiger partial charge in [-0.25, -0.2) is 0 Å². The predicted molar refractivity (Wildman–Crippen MR) is 79.8 cm³/mol.